The van der Waals surface area contributed by atoms with E-state index < -0.39 is 0 Å². The molecular formula is C8H10O. The van der Waals surface area contributed by atoms with Gasteiger partial charge in [0, 0.05) is 6.42 Å². The van der Waals surface area contributed by atoms with Gasteiger partial charge >= 0.3 is 0 Å². The van der Waals surface area contributed by atoms with Gasteiger partial charge in [-0.1, -0.05) is 12.2 Å². The SMILES string of the molecule is C/C=C1/C=C(C)C(=O)C1. The molecule has 1 nitrogen and oxygen atoms in total. The van der Waals surface area contributed by atoms with Crippen LogP contribution in [0.15, 0.2) is 23.3 Å². The van der Waals surface area contributed by atoms with Gasteiger partial charge in [-0.25, -0.2) is 0 Å². The van der Waals surface area contributed by atoms with Crippen LogP contribution in [0.4, 0.5) is 0 Å². The maximum absolute atomic E-state index is 10.8. The molecule has 0 aromatic carbocycles. The zero-order valence-electron chi connectivity index (χ0n) is 5.77. The minimum Gasteiger partial charge on any atom is -0.294 e. The Labute approximate surface area is 55.1 Å². The van der Waals surface area contributed by atoms with Crippen LogP contribution in [0.1, 0.15) is 20.3 Å². The Bertz CT molecular complexity index is 197. The van der Waals surface area contributed by atoms with Crippen molar-refractivity contribution < 1.29 is 4.79 Å². The van der Waals surface area contributed by atoms with E-state index in [4.69, 9.17) is 0 Å². The fourth-order valence-corrected chi connectivity index (χ4v) is 0.920. The van der Waals surface area contributed by atoms with E-state index in [0.29, 0.717) is 6.42 Å². The summed E-state index contributed by atoms with van der Waals surface area (Å²) in [4.78, 5) is 10.8. The lowest BCUT2D eigenvalue weighted by Crippen LogP contribution is -1.89. The van der Waals surface area contributed by atoms with Crippen molar-refractivity contribution in [3.8, 4) is 0 Å². The van der Waals surface area contributed by atoms with E-state index in [9.17, 15) is 4.79 Å². The molecule has 0 saturated heterocycles. The minimum atomic E-state index is 0.267. The predicted octanol–water partition coefficient (Wildman–Crippen LogP) is 1.85. The van der Waals surface area contributed by atoms with E-state index in [1.807, 2.05) is 26.0 Å². The van der Waals surface area contributed by atoms with Crippen molar-refractivity contribution in [2.45, 2.75) is 20.3 Å². The van der Waals surface area contributed by atoms with E-state index in [0.717, 1.165) is 11.1 Å². The third-order valence-electron chi connectivity index (χ3n) is 1.58. The molecule has 0 atom stereocenters. The Kier molecular flexibility index (Phi) is 1.52. The zero-order chi connectivity index (χ0) is 6.85. The van der Waals surface area contributed by atoms with Crippen LogP contribution in [0.2, 0.25) is 0 Å². The number of allylic oxidation sites excluding steroid dienone is 4. The molecule has 1 heteroatoms. The lowest BCUT2D eigenvalue weighted by Gasteiger charge is -1.84. The van der Waals surface area contributed by atoms with Crippen LogP contribution in [-0.2, 0) is 4.79 Å². The van der Waals surface area contributed by atoms with E-state index in [2.05, 4.69) is 0 Å². The van der Waals surface area contributed by atoms with E-state index >= 15 is 0 Å². The Hall–Kier alpha value is -0.850. The maximum Gasteiger partial charge on any atom is 0.162 e. The van der Waals surface area contributed by atoms with Gasteiger partial charge < -0.3 is 0 Å². The van der Waals surface area contributed by atoms with Crippen molar-refractivity contribution >= 4 is 5.78 Å². The number of carbonyl (C=O) groups excluding carboxylic acids is 1. The highest BCUT2D eigenvalue weighted by Gasteiger charge is 2.13. The Morgan fingerprint density at radius 2 is 2.33 bits per heavy atom. The van der Waals surface area contributed by atoms with E-state index in [1.165, 1.54) is 0 Å². The van der Waals surface area contributed by atoms with Crippen LogP contribution in [0.5, 0.6) is 0 Å². The second-order valence-corrected chi connectivity index (χ2v) is 2.29. The molecule has 0 aromatic rings. The van der Waals surface area contributed by atoms with Crippen LogP contribution in [0.3, 0.4) is 0 Å². The number of carbonyl (C=O) groups is 1. The molecule has 0 bridgehead atoms. The molecule has 0 radical (unpaired) electrons. The van der Waals surface area contributed by atoms with Crippen molar-refractivity contribution in [2.24, 2.45) is 0 Å². The largest absolute Gasteiger partial charge is 0.294 e. The number of rotatable bonds is 0. The Morgan fingerprint density at radius 3 is 2.56 bits per heavy atom. The van der Waals surface area contributed by atoms with Crippen LogP contribution < -0.4 is 0 Å². The van der Waals surface area contributed by atoms with Crippen molar-refractivity contribution in [3.63, 3.8) is 0 Å². The average molecular weight is 122 g/mol. The minimum absolute atomic E-state index is 0.267. The van der Waals surface area contributed by atoms with Gasteiger partial charge in [-0.3, -0.25) is 4.79 Å². The molecule has 0 unspecified atom stereocenters. The Morgan fingerprint density at radius 1 is 1.67 bits per heavy atom. The van der Waals surface area contributed by atoms with Gasteiger partial charge in [0.1, 0.15) is 0 Å². The summed E-state index contributed by atoms with van der Waals surface area (Å²) in [6.07, 6.45) is 4.54. The highest BCUT2D eigenvalue weighted by atomic mass is 16.1. The third kappa shape index (κ3) is 1.10. The summed E-state index contributed by atoms with van der Waals surface area (Å²) in [6.45, 7) is 3.82. The highest BCUT2D eigenvalue weighted by Crippen LogP contribution is 2.18. The Balaban J connectivity index is 2.86. The number of Topliss-reactive ketones (excluding diaryl/α,β-unsaturated/α-hetero) is 1. The summed E-state index contributed by atoms with van der Waals surface area (Å²) in [5, 5.41) is 0. The van der Waals surface area contributed by atoms with Gasteiger partial charge in [0.25, 0.3) is 0 Å². The van der Waals surface area contributed by atoms with Crippen LogP contribution in [0.25, 0.3) is 0 Å². The van der Waals surface area contributed by atoms with Gasteiger partial charge in [-0.2, -0.15) is 0 Å². The van der Waals surface area contributed by atoms with Crippen molar-refractivity contribution in [1.82, 2.24) is 0 Å². The molecule has 9 heavy (non-hydrogen) atoms. The van der Waals surface area contributed by atoms with Gasteiger partial charge in [-0.15, -0.1) is 0 Å². The second-order valence-electron chi connectivity index (χ2n) is 2.29. The quantitative estimate of drug-likeness (QED) is 0.479. The lowest BCUT2D eigenvalue weighted by atomic mass is 10.2. The molecular weight excluding hydrogens is 112 g/mol. The molecule has 0 N–H and O–H groups in total. The van der Waals surface area contributed by atoms with Gasteiger partial charge in [0.2, 0.25) is 0 Å². The van der Waals surface area contributed by atoms with Gasteiger partial charge in [-0.05, 0) is 25.0 Å². The molecule has 1 rings (SSSR count). The normalized spacial score (nSPS) is 23.1. The molecule has 48 valence electrons. The van der Waals surface area contributed by atoms with Crippen molar-refractivity contribution in [2.75, 3.05) is 0 Å². The van der Waals surface area contributed by atoms with Crippen LogP contribution in [-0.4, -0.2) is 5.78 Å². The molecule has 1 aliphatic carbocycles. The van der Waals surface area contributed by atoms with Crippen molar-refractivity contribution in [1.29, 1.82) is 0 Å². The summed E-state index contributed by atoms with van der Waals surface area (Å²) in [6, 6.07) is 0. The molecule has 0 heterocycles. The van der Waals surface area contributed by atoms with Gasteiger partial charge in [0.15, 0.2) is 5.78 Å². The standard InChI is InChI=1S/C8H10O/c1-3-7-4-6(2)8(9)5-7/h3-4H,5H2,1-2H3/b7-3-. The molecule has 0 fully saturated rings. The first-order valence-electron chi connectivity index (χ1n) is 3.10. The maximum atomic E-state index is 10.8. The van der Waals surface area contributed by atoms with Crippen LogP contribution >= 0.6 is 0 Å². The lowest BCUT2D eigenvalue weighted by molar-refractivity contribution is -0.114. The predicted molar refractivity (Wildman–Crippen MR) is 37.1 cm³/mol. The van der Waals surface area contributed by atoms with E-state index in [-0.39, 0.29) is 5.78 Å². The molecule has 0 spiro atoms. The fourth-order valence-electron chi connectivity index (χ4n) is 0.920. The molecule has 0 aliphatic heterocycles. The summed E-state index contributed by atoms with van der Waals surface area (Å²) >= 11 is 0. The number of hydrogen-bond acceptors (Lipinski definition) is 1. The second kappa shape index (κ2) is 2.18. The third-order valence-corrected chi connectivity index (χ3v) is 1.58. The van der Waals surface area contributed by atoms with E-state index in [1.54, 1.807) is 0 Å². The molecule has 0 saturated carbocycles. The zero-order valence-corrected chi connectivity index (χ0v) is 5.77. The first-order valence-corrected chi connectivity index (χ1v) is 3.10. The summed E-state index contributed by atoms with van der Waals surface area (Å²) in [5.74, 6) is 0.267. The van der Waals surface area contributed by atoms with Crippen LogP contribution in [0, 0.1) is 0 Å². The smallest absolute Gasteiger partial charge is 0.162 e. The summed E-state index contributed by atoms with van der Waals surface area (Å²) < 4.78 is 0. The summed E-state index contributed by atoms with van der Waals surface area (Å²) in [5.41, 5.74) is 2.04. The van der Waals surface area contributed by atoms with Gasteiger partial charge in [0.05, 0.1) is 0 Å². The number of ketones is 1. The monoisotopic (exact) mass is 122 g/mol. The molecule has 0 amide bonds. The molecule has 1 aliphatic rings. The number of hydrogen-bond donors (Lipinski definition) is 0. The summed E-state index contributed by atoms with van der Waals surface area (Å²) in [7, 11) is 0. The molecule has 0 aromatic heterocycles. The van der Waals surface area contributed by atoms with Crippen molar-refractivity contribution in [3.05, 3.63) is 23.3 Å². The topological polar surface area (TPSA) is 17.1 Å². The highest BCUT2D eigenvalue weighted by molar-refractivity contribution is 6.00. The first kappa shape index (κ1) is 6.27. The average Bonchev–Trinajstić information content (AvgIpc) is 2.13. The first-order chi connectivity index (χ1) is 4.24. The fraction of sp³-hybridized carbons (Fsp3) is 0.375.